The van der Waals surface area contributed by atoms with E-state index in [2.05, 4.69) is 18.2 Å². The number of carbonyl (C=O) groups is 1. The summed E-state index contributed by atoms with van der Waals surface area (Å²) in [5.74, 6) is 0.0958. The number of nitrogens with two attached hydrogens (primary N) is 2. The predicted octanol–water partition coefficient (Wildman–Crippen LogP) is 2.36. The Hall–Kier alpha value is -2.43. The van der Waals surface area contributed by atoms with Crippen LogP contribution in [0.3, 0.4) is 0 Å². The summed E-state index contributed by atoms with van der Waals surface area (Å²) in [5, 5.41) is 0. The van der Waals surface area contributed by atoms with Crippen LogP contribution in [-0.2, 0) is 11.2 Å². The van der Waals surface area contributed by atoms with Crippen LogP contribution in [0.2, 0.25) is 0 Å². The minimum Gasteiger partial charge on any atom is -0.425 e. The highest BCUT2D eigenvalue weighted by Crippen LogP contribution is 2.35. The fourth-order valence-electron chi connectivity index (χ4n) is 2.76. The summed E-state index contributed by atoms with van der Waals surface area (Å²) in [6.45, 7) is 0.0753. The highest BCUT2D eigenvalue weighted by molar-refractivity contribution is 5.86. The smallest absolute Gasteiger partial charge is 0.329 e. The predicted molar refractivity (Wildman–Crippen MR) is 91.7 cm³/mol. The Morgan fingerprint density at radius 2 is 1.87 bits per heavy atom. The summed E-state index contributed by atoms with van der Waals surface area (Å²) in [6.07, 6.45) is 3.90. The van der Waals surface area contributed by atoms with Crippen molar-refractivity contribution >= 4 is 17.6 Å². The monoisotopic (exact) mass is 308 g/mol. The van der Waals surface area contributed by atoms with Crippen molar-refractivity contribution in [2.45, 2.75) is 18.9 Å². The van der Waals surface area contributed by atoms with E-state index in [4.69, 9.17) is 16.2 Å². The van der Waals surface area contributed by atoms with Gasteiger partial charge < -0.3 is 16.2 Å². The van der Waals surface area contributed by atoms with Crippen LogP contribution in [0.1, 0.15) is 23.1 Å². The van der Waals surface area contributed by atoms with Gasteiger partial charge in [0.1, 0.15) is 11.8 Å². The molecule has 0 heterocycles. The lowest BCUT2D eigenvalue weighted by molar-refractivity contribution is -0.135. The maximum Gasteiger partial charge on any atom is 0.329 e. The van der Waals surface area contributed by atoms with Gasteiger partial charge in [0.05, 0.1) is 0 Å². The van der Waals surface area contributed by atoms with Crippen molar-refractivity contribution in [3.8, 4) is 5.75 Å². The summed E-state index contributed by atoms with van der Waals surface area (Å²) in [7, 11) is 0. The van der Waals surface area contributed by atoms with Gasteiger partial charge in [0.15, 0.2) is 0 Å². The van der Waals surface area contributed by atoms with E-state index in [1.165, 1.54) is 11.1 Å². The number of ether oxygens (including phenoxy) is 1. The first kappa shape index (κ1) is 15.5. The van der Waals surface area contributed by atoms with E-state index in [1.54, 1.807) is 6.07 Å². The number of hydrogen-bond acceptors (Lipinski definition) is 4. The lowest BCUT2D eigenvalue weighted by atomic mass is 9.88. The molecule has 23 heavy (non-hydrogen) atoms. The molecular weight excluding hydrogens is 288 g/mol. The summed E-state index contributed by atoms with van der Waals surface area (Å²) >= 11 is 0. The van der Waals surface area contributed by atoms with Crippen molar-refractivity contribution < 1.29 is 9.53 Å². The molecule has 0 aliphatic heterocycles. The Labute approximate surface area is 135 Å². The lowest BCUT2D eigenvalue weighted by Gasteiger charge is -2.20. The molecule has 4 nitrogen and oxygen atoms in total. The van der Waals surface area contributed by atoms with E-state index in [0.717, 1.165) is 24.0 Å². The molecule has 0 saturated heterocycles. The summed E-state index contributed by atoms with van der Waals surface area (Å²) in [5.41, 5.74) is 15.7. The average Bonchev–Trinajstić information content (AvgIpc) is 2.61. The van der Waals surface area contributed by atoms with Crippen molar-refractivity contribution in [3.63, 3.8) is 0 Å². The van der Waals surface area contributed by atoms with Gasteiger partial charge >= 0.3 is 5.97 Å². The molecular formula is C19H20N2O2. The number of fused-ring (bicyclic) bond motifs is 1. The van der Waals surface area contributed by atoms with Gasteiger partial charge in [-0.05, 0) is 35.6 Å². The zero-order valence-electron chi connectivity index (χ0n) is 12.9. The SMILES string of the molecule is NCC(N)C(=O)Oc1cccc2c1CCC(c1ccccc1)=C2. The van der Waals surface area contributed by atoms with E-state index in [1.807, 2.05) is 30.3 Å². The van der Waals surface area contributed by atoms with Crippen molar-refractivity contribution in [2.75, 3.05) is 6.54 Å². The molecule has 0 bridgehead atoms. The molecule has 1 atom stereocenters. The van der Waals surface area contributed by atoms with Crippen LogP contribution in [0.15, 0.2) is 48.5 Å². The highest BCUT2D eigenvalue weighted by atomic mass is 16.5. The Morgan fingerprint density at radius 3 is 2.61 bits per heavy atom. The third-order valence-corrected chi connectivity index (χ3v) is 4.06. The van der Waals surface area contributed by atoms with Crippen molar-refractivity contribution in [2.24, 2.45) is 11.5 Å². The largest absolute Gasteiger partial charge is 0.425 e. The van der Waals surface area contributed by atoms with Crippen LogP contribution in [0.5, 0.6) is 5.75 Å². The van der Waals surface area contributed by atoms with Gasteiger partial charge in [0.2, 0.25) is 0 Å². The zero-order valence-corrected chi connectivity index (χ0v) is 12.9. The molecule has 0 fully saturated rings. The molecule has 2 aromatic rings. The van der Waals surface area contributed by atoms with Crippen LogP contribution in [-0.4, -0.2) is 18.6 Å². The van der Waals surface area contributed by atoms with Gasteiger partial charge in [-0.25, -0.2) is 4.79 Å². The second kappa shape index (κ2) is 6.77. The topological polar surface area (TPSA) is 78.3 Å². The van der Waals surface area contributed by atoms with Gasteiger partial charge in [-0.3, -0.25) is 0 Å². The molecule has 1 aliphatic carbocycles. The van der Waals surface area contributed by atoms with E-state index in [-0.39, 0.29) is 6.54 Å². The quantitative estimate of drug-likeness (QED) is 0.671. The van der Waals surface area contributed by atoms with Crippen LogP contribution < -0.4 is 16.2 Å². The molecule has 0 saturated carbocycles. The minimum absolute atomic E-state index is 0.0753. The van der Waals surface area contributed by atoms with E-state index >= 15 is 0 Å². The van der Waals surface area contributed by atoms with Crippen molar-refractivity contribution in [1.82, 2.24) is 0 Å². The molecule has 0 spiro atoms. The average molecular weight is 308 g/mol. The lowest BCUT2D eigenvalue weighted by Crippen LogP contribution is -2.40. The third-order valence-electron chi connectivity index (χ3n) is 4.06. The second-order valence-corrected chi connectivity index (χ2v) is 5.62. The number of esters is 1. The number of rotatable bonds is 4. The molecule has 2 aromatic carbocycles. The van der Waals surface area contributed by atoms with Crippen LogP contribution in [0.25, 0.3) is 11.6 Å². The third kappa shape index (κ3) is 3.33. The Balaban J connectivity index is 1.89. The number of benzene rings is 2. The van der Waals surface area contributed by atoms with Crippen molar-refractivity contribution in [1.29, 1.82) is 0 Å². The first-order valence-electron chi connectivity index (χ1n) is 7.74. The molecule has 0 amide bonds. The fraction of sp³-hybridized carbons (Fsp3) is 0.211. The van der Waals surface area contributed by atoms with E-state index in [9.17, 15) is 4.79 Å². The maximum atomic E-state index is 11.9. The first-order valence-corrected chi connectivity index (χ1v) is 7.74. The van der Waals surface area contributed by atoms with Crippen LogP contribution in [0, 0.1) is 0 Å². The fourth-order valence-corrected chi connectivity index (χ4v) is 2.76. The normalized spacial score (nSPS) is 14.6. The Morgan fingerprint density at radius 1 is 1.09 bits per heavy atom. The Bertz CT molecular complexity index is 738. The van der Waals surface area contributed by atoms with E-state index in [0.29, 0.717) is 5.75 Å². The molecule has 1 unspecified atom stereocenters. The number of carbonyl (C=O) groups excluding carboxylic acids is 1. The second-order valence-electron chi connectivity index (χ2n) is 5.62. The minimum atomic E-state index is -0.787. The Kier molecular flexibility index (Phi) is 4.55. The van der Waals surface area contributed by atoms with Gasteiger partial charge in [0.25, 0.3) is 0 Å². The van der Waals surface area contributed by atoms with Gasteiger partial charge in [-0.15, -0.1) is 0 Å². The van der Waals surface area contributed by atoms with Crippen molar-refractivity contribution in [3.05, 3.63) is 65.2 Å². The van der Waals surface area contributed by atoms with Crippen LogP contribution >= 0.6 is 0 Å². The highest BCUT2D eigenvalue weighted by Gasteiger charge is 2.19. The maximum absolute atomic E-state index is 11.9. The zero-order chi connectivity index (χ0) is 16.2. The first-order chi connectivity index (χ1) is 11.2. The van der Waals surface area contributed by atoms with E-state index < -0.39 is 12.0 Å². The number of allylic oxidation sites excluding steroid dienone is 1. The van der Waals surface area contributed by atoms with Gasteiger partial charge in [-0.2, -0.15) is 0 Å². The molecule has 118 valence electrons. The molecule has 0 aromatic heterocycles. The van der Waals surface area contributed by atoms with Crippen LogP contribution in [0.4, 0.5) is 0 Å². The summed E-state index contributed by atoms with van der Waals surface area (Å²) in [4.78, 5) is 11.9. The summed E-state index contributed by atoms with van der Waals surface area (Å²) < 4.78 is 5.43. The number of hydrogen-bond donors (Lipinski definition) is 2. The van der Waals surface area contributed by atoms with Gasteiger partial charge in [0, 0.05) is 12.1 Å². The molecule has 1 aliphatic rings. The summed E-state index contributed by atoms with van der Waals surface area (Å²) in [6, 6.07) is 15.3. The molecule has 4 heteroatoms. The molecule has 4 N–H and O–H groups in total. The molecule has 0 radical (unpaired) electrons. The molecule has 3 rings (SSSR count). The van der Waals surface area contributed by atoms with Gasteiger partial charge in [-0.1, -0.05) is 48.5 Å². The standard InChI is InChI=1S/C19H20N2O2/c20-12-17(21)19(22)23-18-8-4-7-15-11-14(9-10-16(15)18)13-5-2-1-3-6-13/h1-8,11,17H,9-10,12,20-21H2.